The van der Waals surface area contributed by atoms with Crippen LogP contribution in [0.1, 0.15) is 81.8 Å². The van der Waals surface area contributed by atoms with E-state index < -0.39 is 0 Å². The van der Waals surface area contributed by atoms with Gasteiger partial charge in [-0.2, -0.15) is 0 Å². The molecule has 2 heteroatoms. The zero-order valence-electron chi connectivity index (χ0n) is 36.1. The largest absolute Gasteiger partial charge is 0.309 e. The number of aryl methyl sites for hydroxylation is 1. The smallest absolute Gasteiger partial charge is 0.0542 e. The highest BCUT2D eigenvalue weighted by atomic mass is 15.0. The van der Waals surface area contributed by atoms with Crippen molar-refractivity contribution in [1.29, 1.82) is 0 Å². The predicted octanol–water partition coefficient (Wildman–Crippen LogP) is 16.3. The highest BCUT2D eigenvalue weighted by Gasteiger charge is 2.30. The summed E-state index contributed by atoms with van der Waals surface area (Å²) >= 11 is 0. The Morgan fingerprint density at radius 3 is 1.22 bits per heavy atom. The van der Waals surface area contributed by atoms with Crippen molar-refractivity contribution >= 4 is 83.4 Å². The summed E-state index contributed by atoms with van der Waals surface area (Å²) in [4.78, 5) is 0. The first kappa shape index (κ1) is 37.6. The Morgan fingerprint density at radius 1 is 0.383 bits per heavy atom. The summed E-state index contributed by atoms with van der Waals surface area (Å²) in [6.07, 6.45) is 9.11. The lowest BCUT2D eigenvalue weighted by Gasteiger charge is -2.33. The molecule has 294 valence electrons. The van der Waals surface area contributed by atoms with Gasteiger partial charge < -0.3 is 9.13 Å². The third kappa shape index (κ3) is 6.00. The van der Waals surface area contributed by atoms with E-state index in [-0.39, 0.29) is 10.8 Å². The first-order valence-electron chi connectivity index (χ1n) is 21.4. The van der Waals surface area contributed by atoms with Gasteiger partial charge in [0.1, 0.15) is 0 Å². The Morgan fingerprint density at radius 2 is 0.783 bits per heavy atom. The molecular formula is C58H52N2. The predicted molar refractivity (Wildman–Crippen MR) is 262 cm³/mol. The molecule has 0 saturated heterocycles. The average Bonchev–Trinajstić information content (AvgIpc) is 3.74. The molecule has 2 aromatic heterocycles. The molecule has 10 aromatic rings. The standard InChI is InChI=1S/C58H52N2/c1-9-18-39-35-54(60-51-25-16-12-21-45(51)46-22-13-17-26-52(46)60)40(36-53(39)59-49-23-14-10-19-43(49)44-20-11-15-24-50(44)59)30-28-38-29-32-42-41-31-27-37(2)33-47(41)55(57(3,4)5)56(48(42)34-38)58(6,7)8/h9-36H,1-8H3/b18-9+,30-28+. The number of rotatable bonds is 5. The molecule has 2 heterocycles. The number of fused-ring (bicyclic) bond motifs is 9. The number of allylic oxidation sites excluding steroid dienone is 1. The molecule has 0 amide bonds. The summed E-state index contributed by atoms with van der Waals surface area (Å²) in [5, 5.41) is 10.4. The maximum absolute atomic E-state index is 2.47. The van der Waals surface area contributed by atoms with E-state index in [9.17, 15) is 0 Å². The molecule has 0 fully saturated rings. The van der Waals surface area contributed by atoms with Gasteiger partial charge in [0.25, 0.3) is 0 Å². The maximum Gasteiger partial charge on any atom is 0.0542 e. The van der Waals surface area contributed by atoms with Crippen LogP contribution < -0.4 is 0 Å². The second-order valence-electron chi connectivity index (χ2n) is 18.6. The topological polar surface area (TPSA) is 9.86 Å². The fourth-order valence-electron chi connectivity index (χ4n) is 10.0. The van der Waals surface area contributed by atoms with E-state index in [1.54, 1.807) is 0 Å². The van der Waals surface area contributed by atoms with Crippen molar-refractivity contribution in [3.05, 3.63) is 185 Å². The molecule has 0 bridgehead atoms. The molecule has 8 aromatic carbocycles. The molecule has 0 spiro atoms. The molecule has 60 heavy (non-hydrogen) atoms. The van der Waals surface area contributed by atoms with Gasteiger partial charge >= 0.3 is 0 Å². The molecule has 0 atom stereocenters. The van der Waals surface area contributed by atoms with Gasteiger partial charge in [-0.3, -0.25) is 0 Å². The van der Waals surface area contributed by atoms with Crippen LogP contribution in [0.3, 0.4) is 0 Å². The average molecular weight is 777 g/mol. The van der Waals surface area contributed by atoms with Crippen LogP contribution >= 0.6 is 0 Å². The van der Waals surface area contributed by atoms with Gasteiger partial charge in [-0.25, -0.2) is 0 Å². The molecule has 2 nitrogen and oxygen atoms in total. The van der Waals surface area contributed by atoms with Gasteiger partial charge in [-0.15, -0.1) is 0 Å². The molecule has 0 unspecified atom stereocenters. The molecule has 0 N–H and O–H groups in total. The number of hydrogen-bond donors (Lipinski definition) is 0. The van der Waals surface area contributed by atoms with Crippen LogP contribution in [0.2, 0.25) is 0 Å². The van der Waals surface area contributed by atoms with Crippen molar-refractivity contribution < 1.29 is 0 Å². The molecule has 0 aliphatic rings. The van der Waals surface area contributed by atoms with Crippen LogP contribution in [0.4, 0.5) is 0 Å². The fourth-order valence-corrected chi connectivity index (χ4v) is 10.0. The van der Waals surface area contributed by atoms with Crippen LogP contribution in [-0.2, 0) is 10.8 Å². The van der Waals surface area contributed by atoms with Gasteiger partial charge in [-0.1, -0.05) is 175 Å². The summed E-state index contributed by atoms with van der Waals surface area (Å²) in [5.41, 5.74) is 14.7. The Labute approximate surface area is 353 Å². The van der Waals surface area contributed by atoms with E-state index in [2.05, 4.69) is 234 Å². The summed E-state index contributed by atoms with van der Waals surface area (Å²) < 4.78 is 4.92. The number of nitrogens with zero attached hydrogens (tertiary/aromatic N) is 2. The summed E-state index contributed by atoms with van der Waals surface area (Å²) in [6.45, 7) is 18.6. The van der Waals surface area contributed by atoms with E-state index in [4.69, 9.17) is 0 Å². The zero-order valence-corrected chi connectivity index (χ0v) is 36.1. The van der Waals surface area contributed by atoms with E-state index in [1.165, 1.54) is 87.4 Å². The second-order valence-corrected chi connectivity index (χ2v) is 18.6. The van der Waals surface area contributed by atoms with Gasteiger partial charge in [0.15, 0.2) is 0 Å². The second kappa shape index (κ2) is 14.0. The van der Waals surface area contributed by atoms with Crippen molar-refractivity contribution in [2.24, 2.45) is 0 Å². The Balaban J connectivity index is 1.28. The number of aromatic nitrogens is 2. The zero-order chi connectivity index (χ0) is 41.5. The van der Waals surface area contributed by atoms with E-state index in [0.717, 1.165) is 22.5 Å². The first-order valence-corrected chi connectivity index (χ1v) is 21.4. The summed E-state index contributed by atoms with van der Waals surface area (Å²) in [7, 11) is 0. The van der Waals surface area contributed by atoms with Crippen LogP contribution in [0.15, 0.2) is 152 Å². The molecular weight excluding hydrogens is 725 g/mol. The van der Waals surface area contributed by atoms with E-state index >= 15 is 0 Å². The van der Waals surface area contributed by atoms with Crippen molar-refractivity contribution in [3.63, 3.8) is 0 Å². The van der Waals surface area contributed by atoms with Crippen LogP contribution in [0.25, 0.3) is 94.8 Å². The molecule has 0 aliphatic heterocycles. The molecule has 10 rings (SSSR count). The van der Waals surface area contributed by atoms with Gasteiger partial charge in [0, 0.05) is 32.7 Å². The Bertz CT molecular complexity index is 3300. The minimum Gasteiger partial charge on any atom is -0.309 e. The highest BCUT2D eigenvalue weighted by molar-refractivity contribution is 6.13. The third-order valence-corrected chi connectivity index (χ3v) is 12.4. The first-order chi connectivity index (χ1) is 28.9. The van der Waals surface area contributed by atoms with E-state index in [1.807, 2.05) is 0 Å². The van der Waals surface area contributed by atoms with Crippen molar-refractivity contribution in [1.82, 2.24) is 9.13 Å². The number of hydrogen-bond acceptors (Lipinski definition) is 0. The van der Waals surface area contributed by atoms with Crippen molar-refractivity contribution in [2.45, 2.75) is 66.2 Å². The minimum atomic E-state index is -0.0648. The fraction of sp³-hybridized carbons (Fsp3) is 0.172. The molecule has 0 saturated carbocycles. The Hall–Kier alpha value is -6.64. The van der Waals surface area contributed by atoms with Crippen molar-refractivity contribution in [2.75, 3.05) is 0 Å². The lowest BCUT2D eigenvalue weighted by atomic mass is 9.70. The normalized spacial score (nSPS) is 12.9. The minimum absolute atomic E-state index is 0.0379. The van der Waals surface area contributed by atoms with Crippen LogP contribution in [-0.4, -0.2) is 9.13 Å². The van der Waals surface area contributed by atoms with Gasteiger partial charge in [0.05, 0.1) is 33.4 Å². The number of para-hydroxylation sites is 4. The summed E-state index contributed by atoms with van der Waals surface area (Å²) in [5.74, 6) is 0. The van der Waals surface area contributed by atoms with Crippen LogP contribution in [0.5, 0.6) is 0 Å². The third-order valence-electron chi connectivity index (χ3n) is 12.4. The quantitative estimate of drug-likeness (QED) is 0.122. The van der Waals surface area contributed by atoms with Gasteiger partial charge in [0.2, 0.25) is 0 Å². The molecule has 0 radical (unpaired) electrons. The number of benzene rings is 8. The lowest BCUT2D eigenvalue weighted by Crippen LogP contribution is -2.23. The maximum atomic E-state index is 2.47. The monoisotopic (exact) mass is 776 g/mol. The van der Waals surface area contributed by atoms with Crippen LogP contribution in [0, 0.1) is 6.92 Å². The Kier molecular flexibility index (Phi) is 8.77. The van der Waals surface area contributed by atoms with Gasteiger partial charge in [-0.05, 0) is 105 Å². The van der Waals surface area contributed by atoms with E-state index in [0.29, 0.717) is 0 Å². The lowest BCUT2D eigenvalue weighted by molar-refractivity contribution is 0.539. The highest BCUT2D eigenvalue weighted by Crippen LogP contribution is 2.45. The van der Waals surface area contributed by atoms with Crippen molar-refractivity contribution in [3.8, 4) is 11.4 Å². The molecule has 0 aliphatic carbocycles. The summed E-state index contributed by atoms with van der Waals surface area (Å²) in [6, 6.07) is 54.2. The SMILES string of the molecule is C/C=C/c1cc(-n2c3ccccc3c3ccccc32)c(/C=C/c2ccc3c(c2)c(C(C)(C)C)c(C(C)(C)C)c2cc(C)ccc23)cc1-n1c2ccccc2c2ccccc21.